The molecule has 0 saturated heterocycles. The van der Waals surface area contributed by atoms with E-state index in [-0.39, 0.29) is 24.5 Å². The summed E-state index contributed by atoms with van der Waals surface area (Å²) in [7, 11) is 0. The summed E-state index contributed by atoms with van der Waals surface area (Å²) in [5.74, 6) is 2.33. The van der Waals surface area contributed by atoms with Gasteiger partial charge in [-0.25, -0.2) is 4.98 Å². The van der Waals surface area contributed by atoms with Crippen molar-refractivity contribution in [1.82, 2.24) is 19.5 Å². The van der Waals surface area contributed by atoms with Gasteiger partial charge in [0.05, 0.1) is 5.56 Å². The highest BCUT2D eigenvalue weighted by atomic mass is 35.5. The number of ether oxygens (including phenoxy) is 1. The molecule has 5 rings (SSSR count). The Kier molecular flexibility index (Phi) is 6.75. The maximum absolute atomic E-state index is 13.1. The second-order valence-electron chi connectivity index (χ2n) is 9.05. The van der Waals surface area contributed by atoms with Crippen molar-refractivity contribution in [3.63, 3.8) is 0 Å². The minimum Gasteiger partial charge on any atom is -0.486 e. The number of nitrogens with zero attached hydrogens (tertiary/aromatic N) is 4. The predicted molar refractivity (Wildman–Crippen MR) is 132 cm³/mol. The normalized spacial score (nSPS) is 15.0. The maximum atomic E-state index is 13.1. The molecule has 1 atom stereocenters. The largest absolute Gasteiger partial charge is 0.486 e. The zero-order chi connectivity index (χ0) is 25.3. The summed E-state index contributed by atoms with van der Waals surface area (Å²) < 4.78 is 47.0. The molecule has 10 heteroatoms. The van der Waals surface area contributed by atoms with Gasteiger partial charge in [0.25, 0.3) is 0 Å². The molecule has 2 aromatic carbocycles. The molecule has 0 bridgehead atoms. The molecule has 0 aliphatic heterocycles. The van der Waals surface area contributed by atoms with Crippen molar-refractivity contribution in [2.24, 2.45) is 5.92 Å². The number of rotatable bonds is 8. The van der Waals surface area contributed by atoms with E-state index in [1.807, 2.05) is 34.9 Å². The topological polar surface area (TPSA) is 64.9 Å². The molecular weight excluding hydrogens is 491 g/mol. The van der Waals surface area contributed by atoms with E-state index in [4.69, 9.17) is 16.3 Å². The summed E-state index contributed by atoms with van der Waals surface area (Å²) in [4.78, 5) is 13.5. The van der Waals surface area contributed by atoms with Gasteiger partial charge >= 0.3 is 6.18 Å². The molecule has 2 heterocycles. The number of aromatic nitrogens is 4. The van der Waals surface area contributed by atoms with E-state index < -0.39 is 11.7 Å². The van der Waals surface area contributed by atoms with Crippen molar-refractivity contribution in [3.05, 3.63) is 76.8 Å². The van der Waals surface area contributed by atoms with E-state index >= 15 is 0 Å². The smallest absolute Gasteiger partial charge is 0.416 e. The molecule has 0 amide bonds. The molecule has 1 fully saturated rings. The van der Waals surface area contributed by atoms with Crippen LogP contribution in [0, 0.1) is 5.92 Å². The highest BCUT2D eigenvalue weighted by Gasteiger charge is 2.30. The Bertz CT molecular complexity index is 1340. The lowest BCUT2D eigenvalue weighted by Gasteiger charge is -2.32. The van der Waals surface area contributed by atoms with E-state index in [9.17, 15) is 13.2 Å². The first kappa shape index (κ1) is 24.4. The fraction of sp³-hybridized carbons (Fsp3) is 0.346. The van der Waals surface area contributed by atoms with Crippen LogP contribution in [0.5, 0.6) is 5.75 Å². The summed E-state index contributed by atoms with van der Waals surface area (Å²) in [6.45, 7) is 2.51. The third-order valence-electron chi connectivity index (χ3n) is 6.61. The van der Waals surface area contributed by atoms with Gasteiger partial charge in [-0.1, -0.05) is 36.8 Å². The highest BCUT2D eigenvalue weighted by Crippen LogP contribution is 2.33. The molecule has 0 unspecified atom stereocenters. The number of nitrogens with one attached hydrogen (secondary N) is 1. The van der Waals surface area contributed by atoms with Crippen molar-refractivity contribution in [2.45, 2.75) is 51.6 Å². The molecule has 1 N–H and O–H groups in total. The first-order chi connectivity index (χ1) is 17.3. The van der Waals surface area contributed by atoms with Crippen LogP contribution in [0.4, 0.5) is 19.0 Å². The van der Waals surface area contributed by atoms with E-state index in [0.717, 1.165) is 25.0 Å². The first-order valence-corrected chi connectivity index (χ1v) is 12.2. The number of hydrogen-bond acceptors (Lipinski definition) is 5. The molecule has 0 radical (unpaired) electrons. The van der Waals surface area contributed by atoms with Crippen molar-refractivity contribution in [2.75, 3.05) is 5.32 Å². The Hall–Kier alpha value is -3.33. The van der Waals surface area contributed by atoms with Crippen LogP contribution in [-0.2, 0) is 19.3 Å². The number of benzene rings is 2. The van der Waals surface area contributed by atoms with Gasteiger partial charge in [-0.2, -0.15) is 23.1 Å². The maximum Gasteiger partial charge on any atom is 0.416 e. The third-order valence-corrected chi connectivity index (χ3v) is 6.78. The number of para-hydroxylation sites is 1. The van der Waals surface area contributed by atoms with Gasteiger partial charge in [0, 0.05) is 12.6 Å². The molecule has 2 aromatic heterocycles. The molecule has 1 saturated carbocycles. The Labute approximate surface area is 211 Å². The van der Waals surface area contributed by atoms with Gasteiger partial charge in [0.2, 0.25) is 5.28 Å². The Morgan fingerprint density at radius 2 is 1.78 bits per heavy atom. The number of anilines is 1. The molecular formula is C26H25ClF3N5O. The van der Waals surface area contributed by atoms with Crippen LogP contribution in [0.15, 0.2) is 54.6 Å². The second kappa shape index (κ2) is 9.97. The average molecular weight is 516 g/mol. The van der Waals surface area contributed by atoms with E-state index in [1.165, 1.54) is 18.6 Å². The van der Waals surface area contributed by atoms with Crippen molar-refractivity contribution >= 4 is 28.6 Å². The van der Waals surface area contributed by atoms with Gasteiger partial charge in [-0.15, -0.1) is 0 Å². The van der Waals surface area contributed by atoms with Crippen molar-refractivity contribution < 1.29 is 17.9 Å². The second-order valence-corrected chi connectivity index (χ2v) is 9.39. The van der Waals surface area contributed by atoms with Crippen LogP contribution in [0.25, 0.3) is 11.2 Å². The van der Waals surface area contributed by atoms with E-state index in [2.05, 4.69) is 27.2 Å². The lowest BCUT2D eigenvalue weighted by Crippen LogP contribution is -2.31. The fourth-order valence-corrected chi connectivity index (χ4v) is 4.52. The summed E-state index contributed by atoms with van der Waals surface area (Å²) >= 11 is 6.24. The lowest BCUT2D eigenvalue weighted by molar-refractivity contribution is -0.137. The Balaban J connectivity index is 1.53. The first-order valence-electron chi connectivity index (χ1n) is 11.8. The SMILES string of the molecule is C[C@@H](Nc1nc(Cl)nc2nc(COc3ccccc3)n(Cc3ccc(C(F)(F)F)cc3)c12)C1CCC1. The minimum atomic E-state index is -4.39. The molecule has 188 valence electrons. The summed E-state index contributed by atoms with van der Waals surface area (Å²) in [5.41, 5.74) is 1.02. The average Bonchev–Trinajstić information content (AvgIpc) is 3.14. The van der Waals surface area contributed by atoms with Crippen LogP contribution < -0.4 is 10.1 Å². The van der Waals surface area contributed by atoms with Crippen LogP contribution in [0.1, 0.15) is 43.1 Å². The van der Waals surface area contributed by atoms with Gasteiger partial charge in [-0.05, 0) is 67.1 Å². The highest BCUT2D eigenvalue weighted by molar-refractivity contribution is 6.28. The van der Waals surface area contributed by atoms with Crippen LogP contribution in [0.3, 0.4) is 0 Å². The Morgan fingerprint density at radius 1 is 1.06 bits per heavy atom. The molecule has 4 aromatic rings. The number of imidazole rings is 1. The monoisotopic (exact) mass is 515 g/mol. The Morgan fingerprint density at radius 3 is 2.42 bits per heavy atom. The quantitative estimate of drug-likeness (QED) is 0.264. The summed E-state index contributed by atoms with van der Waals surface area (Å²) in [6, 6.07) is 14.6. The minimum absolute atomic E-state index is 0.0699. The van der Waals surface area contributed by atoms with Crippen LogP contribution in [-0.4, -0.2) is 25.6 Å². The van der Waals surface area contributed by atoms with Crippen LogP contribution in [0.2, 0.25) is 5.28 Å². The van der Waals surface area contributed by atoms with Gasteiger partial charge in [0.1, 0.15) is 23.7 Å². The van der Waals surface area contributed by atoms with Gasteiger partial charge in [0.15, 0.2) is 11.5 Å². The number of fused-ring (bicyclic) bond motifs is 1. The zero-order valence-electron chi connectivity index (χ0n) is 19.6. The number of alkyl halides is 3. The standard InChI is InChI=1S/C26H25ClF3N5O/c1-16(18-6-5-7-18)31-23-22-24(34-25(27)33-23)32-21(15-36-20-8-3-2-4-9-20)35(22)14-17-10-12-19(13-11-17)26(28,29)30/h2-4,8-13,16,18H,5-7,14-15H2,1H3,(H,31,33,34)/t16-/m1/s1. The van der Waals surface area contributed by atoms with Crippen molar-refractivity contribution in [1.29, 1.82) is 0 Å². The van der Waals surface area contributed by atoms with Gasteiger partial charge in [-0.3, -0.25) is 0 Å². The predicted octanol–water partition coefficient (Wildman–Crippen LogP) is 6.73. The lowest BCUT2D eigenvalue weighted by atomic mass is 9.80. The van der Waals surface area contributed by atoms with Crippen molar-refractivity contribution in [3.8, 4) is 5.75 Å². The number of hydrogen-bond donors (Lipinski definition) is 1. The summed E-state index contributed by atoms with van der Waals surface area (Å²) in [6.07, 6.45) is -0.883. The van der Waals surface area contributed by atoms with Crippen LogP contribution >= 0.6 is 11.6 Å². The third kappa shape index (κ3) is 5.26. The molecule has 6 nitrogen and oxygen atoms in total. The zero-order valence-corrected chi connectivity index (χ0v) is 20.4. The number of halogens is 4. The molecule has 1 aliphatic carbocycles. The molecule has 0 spiro atoms. The van der Waals surface area contributed by atoms with E-state index in [0.29, 0.717) is 40.0 Å². The van der Waals surface area contributed by atoms with Gasteiger partial charge < -0.3 is 14.6 Å². The van der Waals surface area contributed by atoms with E-state index in [1.54, 1.807) is 0 Å². The summed E-state index contributed by atoms with van der Waals surface area (Å²) in [5, 5.41) is 3.55. The molecule has 1 aliphatic rings. The fourth-order valence-electron chi connectivity index (χ4n) is 4.36. The molecule has 36 heavy (non-hydrogen) atoms.